The van der Waals surface area contributed by atoms with Gasteiger partial charge in [0.2, 0.25) is 5.91 Å². The van der Waals surface area contributed by atoms with E-state index >= 15 is 0 Å². The fourth-order valence-electron chi connectivity index (χ4n) is 3.25. The van der Waals surface area contributed by atoms with E-state index in [0.29, 0.717) is 5.92 Å². The number of nitrogens with one attached hydrogen (secondary N) is 1. The first-order valence-electron chi connectivity index (χ1n) is 9.42. The highest BCUT2D eigenvalue weighted by molar-refractivity contribution is 5.96. The lowest BCUT2D eigenvalue weighted by Gasteiger charge is -2.19. The van der Waals surface area contributed by atoms with Crippen LogP contribution in [0.25, 0.3) is 11.1 Å². The molecule has 27 heavy (non-hydrogen) atoms. The Morgan fingerprint density at radius 1 is 0.963 bits per heavy atom. The van der Waals surface area contributed by atoms with Gasteiger partial charge in [-0.15, -0.1) is 0 Å². The van der Waals surface area contributed by atoms with E-state index in [1.807, 2.05) is 73.8 Å². The molecule has 1 unspecified atom stereocenters. The van der Waals surface area contributed by atoms with E-state index in [2.05, 4.69) is 30.2 Å². The van der Waals surface area contributed by atoms with Crippen molar-refractivity contribution in [2.75, 3.05) is 5.32 Å². The minimum atomic E-state index is -0.145. The number of rotatable bonds is 6. The maximum absolute atomic E-state index is 12.9. The summed E-state index contributed by atoms with van der Waals surface area (Å²) in [4.78, 5) is 17.2. The Labute approximate surface area is 161 Å². The van der Waals surface area contributed by atoms with Crippen molar-refractivity contribution in [2.45, 2.75) is 33.1 Å². The predicted molar refractivity (Wildman–Crippen MR) is 112 cm³/mol. The molecule has 1 aromatic heterocycles. The summed E-state index contributed by atoms with van der Waals surface area (Å²) in [6.45, 7) is 6.28. The van der Waals surface area contributed by atoms with Crippen LogP contribution in [0.4, 0.5) is 5.69 Å². The number of hydrogen-bond donors (Lipinski definition) is 1. The lowest BCUT2D eigenvalue weighted by Crippen LogP contribution is -2.22. The second-order valence-corrected chi connectivity index (χ2v) is 7.35. The van der Waals surface area contributed by atoms with Crippen molar-refractivity contribution >= 4 is 11.6 Å². The van der Waals surface area contributed by atoms with Crippen LogP contribution in [0, 0.1) is 12.8 Å². The summed E-state index contributed by atoms with van der Waals surface area (Å²) >= 11 is 0. The number of carbonyl (C=O) groups is 1. The molecule has 0 radical (unpaired) electrons. The molecule has 0 spiro atoms. The van der Waals surface area contributed by atoms with Crippen molar-refractivity contribution in [1.82, 2.24) is 4.98 Å². The Bertz CT molecular complexity index is 886. The molecule has 2 aromatic carbocycles. The SMILES string of the molecule is Cc1cc(-c2ccc(NC(=O)C(CC(C)C)c3ccccc3)cc2)ccn1. The van der Waals surface area contributed by atoms with E-state index in [1.165, 1.54) is 0 Å². The van der Waals surface area contributed by atoms with Crippen molar-refractivity contribution in [3.8, 4) is 11.1 Å². The van der Waals surface area contributed by atoms with Crippen molar-refractivity contribution in [3.63, 3.8) is 0 Å². The quantitative estimate of drug-likeness (QED) is 0.603. The third kappa shape index (κ3) is 5.04. The lowest BCUT2D eigenvalue weighted by molar-refractivity contribution is -0.117. The van der Waals surface area contributed by atoms with Gasteiger partial charge < -0.3 is 5.32 Å². The summed E-state index contributed by atoms with van der Waals surface area (Å²) in [5.41, 5.74) is 5.11. The van der Waals surface area contributed by atoms with Crippen LogP contribution in [0.1, 0.15) is 37.4 Å². The Kier molecular flexibility index (Phi) is 6.02. The largest absolute Gasteiger partial charge is 0.326 e. The van der Waals surface area contributed by atoms with E-state index in [4.69, 9.17) is 0 Å². The third-order valence-corrected chi connectivity index (χ3v) is 4.61. The lowest BCUT2D eigenvalue weighted by atomic mass is 9.89. The molecule has 0 fully saturated rings. The van der Waals surface area contributed by atoms with Gasteiger partial charge in [-0.3, -0.25) is 9.78 Å². The first kappa shape index (κ1) is 18.8. The zero-order valence-electron chi connectivity index (χ0n) is 16.1. The molecule has 138 valence electrons. The number of benzene rings is 2. The Balaban J connectivity index is 1.75. The highest BCUT2D eigenvalue weighted by Crippen LogP contribution is 2.27. The van der Waals surface area contributed by atoms with Gasteiger partial charge >= 0.3 is 0 Å². The van der Waals surface area contributed by atoms with E-state index in [-0.39, 0.29) is 11.8 Å². The number of carbonyl (C=O) groups excluding carboxylic acids is 1. The van der Waals surface area contributed by atoms with Gasteiger partial charge in [-0.2, -0.15) is 0 Å². The maximum Gasteiger partial charge on any atom is 0.231 e. The molecule has 0 aliphatic rings. The molecular formula is C24H26N2O. The molecular weight excluding hydrogens is 332 g/mol. The molecule has 3 aromatic rings. The molecule has 1 N–H and O–H groups in total. The van der Waals surface area contributed by atoms with E-state index in [9.17, 15) is 4.79 Å². The van der Waals surface area contributed by atoms with Crippen LogP contribution in [-0.4, -0.2) is 10.9 Å². The third-order valence-electron chi connectivity index (χ3n) is 4.61. The molecule has 3 nitrogen and oxygen atoms in total. The monoisotopic (exact) mass is 358 g/mol. The number of amides is 1. The first-order chi connectivity index (χ1) is 13.0. The van der Waals surface area contributed by atoms with Crippen LogP contribution in [0.3, 0.4) is 0 Å². The zero-order valence-corrected chi connectivity index (χ0v) is 16.1. The Hall–Kier alpha value is -2.94. The van der Waals surface area contributed by atoms with E-state index in [0.717, 1.165) is 34.5 Å². The summed E-state index contributed by atoms with van der Waals surface area (Å²) in [6, 6.07) is 22.0. The Morgan fingerprint density at radius 3 is 2.30 bits per heavy atom. The van der Waals surface area contributed by atoms with E-state index in [1.54, 1.807) is 0 Å². The fourth-order valence-corrected chi connectivity index (χ4v) is 3.25. The topological polar surface area (TPSA) is 42.0 Å². The minimum Gasteiger partial charge on any atom is -0.326 e. The molecule has 0 bridgehead atoms. The van der Waals surface area contributed by atoms with Gasteiger partial charge in [-0.25, -0.2) is 0 Å². The van der Waals surface area contributed by atoms with Crippen molar-refractivity contribution in [3.05, 3.63) is 84.2 Å². The summed E-state index contributed by atoms with van der Waals surface area (Å²) in [6.07, 6.45) is 2.64. The van der Waals surface area contributed by atoms with Crippen molar-refractivity contribution in [2.24, 2.45) is 5.92 Å². The van der Waals surface area contributed by atoms with Gasteiger partial charge in [0, 0.05) is 17.6 Å². The summed E-state index contributed by atoms with van der Waals surface area (Å²) in [5.74, 6) is 0.342. The fraction of sp³-hybridized carbons (Fsp3) is 0.250. The van der Waals surface area contributed by atoms with Gasteiger partial charge in [-0.05, 0) is 60.2 Å². The first-order valence-corrected chi connectivity index (χ1v) is 9.42. The molecule has 0 saturated heterocycles. The number of hydrogen-bond acceptors (Lipinski definition) is 2. The van der Waals surface area contributed by atoms with Gasteiger partial charge in [-0.1, -0.05) is 56.3 Å². The maximum atomic E-state index is 12.9. The smallest absolute Gasteiger partial charge is 0.231 e. The molecule has 1 atom stereocenters. The number of nitrogens with zero attached hydrogens (tertiary/aromatic N) is 1. The van der Waals surface area contributed by atoms with Crippen LogP contribution in [-0.2, 0) is 4.79 Å². The van der Waals surface area contributed by atoms with Crippen molar-refractivity contribution in [1.29, 1.82) is 0 Å². The van der Waals surface area contributed by atoms with E-state index < -0.39 is 0 Å². The van der Waals surface area contributed by atoms with Gasteiger partial charge in [0.1, 0.15) is 0 Å². The van der Waals surface area contributed by atoms with Gasteiger partial charge in [0.05, 0.1) is 5.92 Å². The summed E-state index contributed by atoms with van der Waals surface area (Å²) in [7, 11) is 0. The highest BCUT2D eigenvalue weighted by atomic mass is 16.1. The number of anilines is 1. The van der Waals surface area contributed by atoms with Crippen LogP contribution in [0.2, 0.25) is 0 Å². The second kappa shape index (κ2) is 8.63. The zero-order chi connectivity index (χ0) is 19.2. The Morgan fingerprint density at radius 2 is 1.67 bits per heavy atom. The minimum absolute atomic E-state index is 0.0439. The predicted octanol–water partition coefficient (Wildman–Crippen LogP) is 5.83. The van der Waals surface area contributed by atoms with Crippen molar-refractivity contribution < 1.29 is 4.79 Å². The van der Waals surface area contributed by atoms with Gasteiger partial charge in [0.25, 0.3) is 0 Å². The summed E-state index contributed by atoms with van der Waals surface area (Å²) < 4.78 is 0. The normalized spacial score (nSPS) is 12.0. The second-order valence-electron chi connectivity index (χ2n) is 7.35. The molecule has 0 aliphatic carbocycles. The number of aromatic nitrogens is 1. The molecule has 3 rings (SSSR count). The van der Waals surface area contributed by atoms with Gasteiger partial charge in [0.15, 0.2) is 0 Å². The molecule has 0 saturated carbocycles. The highest BCUT2D eigenvalue weighted by Gasteiger charge is 2.21. The molecule has 0 aliphatic heterocycles. The average Bonchev–Trinajstić information content (AvgIpc) is 2.67. The van der Waals surface area contributed by atoms with Crippen LogP contribution < -0.4 is 5.32 Å². The molecule has 1 amide bonds. The van der Waals surface area contributed by atoms with Crippen LogP contribution >= 0.6 is 0 Å². The summed E-state index contributed by atoms with van der Waals surface area (Å²) in [5, 5.41) is 3.08. The van der Waals surface area contributed by atoms with Crippen LogP contribution in [0.5, 0.6) is 0 Å². The average molecular weight is 358 g/mol. The standard InChI is InChI=1S/C24H26N2O/c1-17(2)15-23(20-7-5-4-6-8-20)24(27)26-22-11-9-19(10-12-22)21-13-14-25-18(3)16-21/h4-14,16-17,23H,15H2,1-3H3,(H,26,27). The van der Waals surface area contributed by atoms with Crippen LogP contribution in [0.15, 0.2) is 72.9 Å². The molecule has 3 heteroatoms. The molecule has 1 heterocycles. The number of pyridine rings is 1. The number of aryl methyl sites for hydroxylation is 1.